The molecule has 0 aromatic carbocycles. The van der Waals surface area contributed by atoms with E-state index in [-0.39, 0.29) is 0 Å². The molecule has 2 rings (SSSR count). The summed E-state index contributed by atoms with van der Waals surface area (Å²) in [5.74, 6) is 0.848. The topological polar surface area (TPSA) is 12.9 Å². The van der Waals surface area contributed by atoms with Crippen molar-refractivity contribution in [3.63, 3.8) is 0 Å². The third-order valence-electron chi connectivity index (χ3n) is 2.17. The first-order valence-electron chi connectivity index (χ1n) is 4.87. The molecule has 0 aliphatic heterocycles. The van der Waals surface area contributed by atoms with Crippen molar-refractivity contribution in [2.24, 2.45) is 0 Å². The standard InChI is InChI=1S/C11H13NS3/c1-8-12-9(7-14-8)2-3-10-4-5-11(6-13)15-10/h4-5,7,13H,2-3,6H2,1H3. The first-order chi connectivity index (χ1) is 7.28. The molecule has 0 aliphatic rings. The summed E-state index contributed by atoms with van der Waals surface area (Å²) in [4.78, 5) is 7.25. The second-order valence-corrected chi connectivity index (χ2v) is 6.02. The van der Waals surface area contributed by atoms with Crippen LogP contribution in [0.4, 0.5) is 0 Å². The van der Waals surface area contributed by atoms with E-state index in [1.165, 1.54) is 15.4 Å². The van der Waals surface area contributed by atoms with Crippen molar-refractivity contribution in [1.82, 2.24) is 4.98 Å². The number of aryl methyl sites for hydroxylation is 3. The molecule has 0 radical (unpaired) electrons. The molecule has 80 valence electrons. The Labute approximate surface area is 104 Å². The molecular formula is C11H13NS3. The molecule has 2 aromatic rings. The van der Waals surface area contributed by atoms with Gasteiger partial charge < -0.3 is 0 Å². The minimum atomic E-state index is 0.848. The van der Waals surface area contributed by atoms with E-state index in [1.807, 2.05) is 11.3 Å². The van der Waals surface area contributed by atoms with Crippen molar-refractivity contribution >= 4 is 35.3 Å². The maximum absolute atomic E-state index is 4.46. The van der Waals surface area contributed by atoms with Gasteiger partial charge in [-0.25, -0.2) is 4.98 Å². The average molecular weight is 255 g/mol. The second-order valence-electron chi connectivity index (χ2n) is 3.38. The number of thiophene rings is 1. The largest absolute Gasteiger partial charge is 0.247 e. The number of rotatable bonds is 4. The van der Waals surface area contributed by atoms with E-state index >= 15 is 0 Å². The summed E-state index contributed by atoms with van der Waals surface area (Å²) < 4.78 is 0. The molecule has 2 heterocycles. The van der Waals surface area contributed by atoms with Gasteiger partial charge in [-0.1, -0.05) is 0 Å². The molecule has 0 amide bonds. The lowest BCUT2D eigenvalue weighted by Crippen LogP contribution is -1.88. The summed E-state index contributed by atoms with van der Waals surface area (Å²) in [7, 11) is 0. The maximum atomic E-state index is 4.46. The van der Waals surface area contributed by atoms with E-state index < -0.39 is 0 Å². The minimum absolute atomic E-state index is 0.848. The fourth-order valence-corrected chi connectivity index (χ4v) is 3.24. The zero-order valence-corrected chi connectivity index (χ0v) is 11.1. The van der Waals surface area contributed by atoms with E-state index in [9.17, 15) is 0 Å². The molecule has 2 aromatic heterocycles. The van der Waals surface area contributed by atoms with Crippen molar-refractivity contribution in [2.45, 2.75) is 25.5 Å². The zero-order valence-electron chi connectivity index (χ0n) is 8.56. The van der Waals surface area contributed by atoms with E-state index in [4.69, 9.17) is 0 Å². The highest BCUT2D eigenvalue weighted by atomic mass is 32.1. The Bertz CT molecular complexity index is 430. The molecule has 0 atom stereocenters. The molecule has 1 nitrogen and oxygen atoms in total. The van der Waals surface area contributed by atoms with Gasteiger partial charge in [-0.15, -0.1) is 22.7 Å². The van der Waals surface area contributed by atoms with E-state index in [1.54, 1.807) is 11.3 Å². The molecule has 0 aliphatic carbocycles. The normalized spacial score (nSPS) is 10.8. The molecule has 0 saturated heterocycles. The third-order valence-corrected chi connectivity index (χ3v) is 4.69. The number of thiol groups is 1. The molecule has 15 heavy (non-hydrogen) atoms. The van der Waals surface area contributed by atoms with Crippen LogP contribution in [0.25, 0.3) is 0 Å². The van der Waals surface area contributed by atoms with Gasteiger partial charge in [0.15, 0.2) is 0 Å². The Morgan fingerprint density at radius 3 is 2.67 bits per heavy atom. The van der Waals surface area contributed by atoms with Gasteiger partial charge in [-0.05, 0) is 31.9 Å². The maximum Gasteiger partial charge on any atom is 0.0897 e. The van der Waals surface area contributed by atoms with Crippen LogP contribution in [0.3, 0.4) is 0 Å². The Morgan fingerprint density at radius 2 is 2.07 bits per heavy atom. The molecular weight excluding hydrogens is 242 g/mol. The molecule has 0 bridgehead atoms. The number of aromatic nitrogens is 1. The lowest BCUT2D eigenvalue weighted by atomic mass is 10.2. The van der Waals surface area contributed by atoms with Gasteiger partial charge in [0.05, 0.1) is 10.7 Å². The first-order valence-corrected chi connectivity index (χ1v) is 7.20. The van der Waals surface area contributed by atoms with Crippen LogP contribution in [-0.2, 0) is 18.6 Å². The number of hydrogen-bond acceptors (Lipinski definition) is 4. The Kier molecular flexibility index (Phi) is 3.83. The molecule has 0 unspecified atom stereocenters. The van der Waals surface area contributed by atoms with Crippen LogP contribution in [0.15, 0.2) is 17.5 Å². The van der Waals surface area contributed by atoms with E-state index in [2.05, 4.69) is 42.0 Å². The highest BCUT2D eigenvalue weighted by Crippen LogP contribution is 2.20. The quantitative estimate of drug-likeness (QED) is 0.821. The summed E-state index contributed by atoms with van der Waals surface area (Å²) in [5.41, 5.74) is 1.22. The van der Waals surface area contributed by atoms with Gasteiger partial charge in [0.2, 0.25) is 0 Å². The van der Waals surface area contributed by atoms with Crippen LogP contribution in [0.1, 0.15) is 20.5 Å². The van der Waals surface area contributed by atoms with E-state index in [0.717, 1.165) is 23.6 Å². The predicted molar refractivity (Wildman–Crippen MR) is 71.3 cm³/mol. The van der Waals surface area contributed by atoms with E-state index in [0.29, 0.717) is 0 Å². The van der Waals surface area contributed by atoms with Gasteiger partial charge >= 0.3 is 0 Å². The summed E-state index contributed by atoms with van der Waals surface area (Å²) in [6.07, 6.45) is 2.15. The summed E-state index contributed by atoms with van der Waals surface area (Å²) in [5, 5.41) is 3.31. The van der Waals surface area contributed by atoms with Crippen molar-refractivity contribution in [3.8, 4) is 0 Å². The lowest BCUT2D eigenvalue weighted by molar-refractivity contribution is 0.935. The summed E-state index contributed by atoms with van der Waals surface area (Å²) >= 11 is 7.85. The van der Waals surface area contributed by atoms with Gasteiger partial charge in [0.1, 0.15) is 0 Å². The highest BCUT2D eigenvalue weighted by Gasteiger charge is 2.02. The van der Waals surface area contributed by atoms with Crippen LogP contribution in [0.2, 0.25) is 0 Å². The second kappa shape index (κ2) is 5.14. The van der Waals surface area contributed by atoms with Crippen molar-refractivity contribution in [2.75, 3.05) is 0 Å². The fraction of sp³-hybridized carbons (Fsp3) is 0.364. The van der Waals surface area contributed by atoms with Gasteiger partial charge in [-0.3, -0.25) is 0 Å². The predicted octanol–water partition coefficient (Wildman–Crippen LogP) is 3.73. The Balaban J connectivity index is 1.93. The number of nitrogens with zero attached hydrogens (tertiary/aromatic N) is 1. The lowest BCUT2D eigenvalue weighted by Gasteiger charge is -1.93. The number of thiazole rings is 1. The van der Waals surface area contributed by atoms with Crippen molar-refractivity contribution < 1.29 is 0 Å². The average Bonchev–Trinajstić information content (AvgIpc) is 2.83. The van der Waals surface area contributed by atoms with Crippen LogP contribution in [0, 0.1) is 6.92 Å². The van der Waals surface area contributed by atoms with Gasteiger partial charge in [-0.2, -0.15) is 12.6 Å². The zero-order chi connectivity index (χ0) is 10.7. The molecule has 4 heteroatoms. The fourth-order valence-electron chi connectivity index (χ4n) is 1.42. The van der Waals surface area contributed by atoms with Crippen LogP contribution in [0.5, 0.6) is 0 Å². The molecule has 0 N–H and O–H groups in total. The smallest absolute Gasteiger partial charge is 0.0897 e. The highest BCUT2D eigenvalue weighted by molar-refractivity contribution is 7.79. The van der Waals surface area contributed by atoms with Crippen LogP contribution in [-0.4, -0.2) is 4.98 Å². The minimum Gasteiger partial charge on any atom is -0.247 e. The third kappa shape index (κ3) is 3.06. The van der Waals surface area contributed by atoms with Gasteiger partial charge in [0.25, 0.3) is 0 Å². The summed E-state index contributed by atoms with van der Waals surface area (Å²) in [6.45, 7) is 2.05. The first kappa shape index (κ1) is 11.2. The molecule has 0 saturated carbocycles. The van der Waals surface area contributed by atoms with Gasteiger partial charge in [0, 0.05) is 20.9 Å². The SMILES string of the molecule is Cc1nc(CCc2ccc(CS)s2)cs1. The van der Waals surface area contributed by atoms with Crippen LogP contribution >= 0.6 is 35.3 Å². The number of hydrogen-bond donors (Lipinski definition) is 1. The molecule has 0 fully saturated rings. The summed E-state index contributed by atoms with van der Waals surface area (Å²) in [6, 6.07) is 4.37. The van der Waals surface area contributed by atoms with Crippen LogP contribution < -0.4 is 0 Å². The van der Waals surface area contributed by atoms with Crippen molar-refractivity contribution in [3.05, 3.63) is 38.0 Å². The molecule has 0 spiro atoms. The Hall–Kier alpha value is -0.320. The van der Waals surface area contributed by atoms with Crippen molar-refractivity contribution in [1.29, 1.82) is 0 Å². The monoisotopic (exact) mass is 255 g/mol. The Morgan fingerprint density at radius 1 is 1.27 bits per heavy atom.